The van der Waals surface area contributed by atoms with Crippen molar-refractivity contribution in [1.82, 2.24) is 0 Å². The van der Waals surface area contributed by atoms with Crippen molar-refractivity contribution in [3.63, 3.8) is 0 Å². The molecule has 21 nitrogen and oxygen atoms in total. The van der Waals surface area contributed by atoms with E-state index in [9.17, 15) is 43.2 Å². The number of carbonyl (C=O) groups excluding carboxylic acids is 1. The van der Waals surface area contributed by atoms with E-state index in [0.717, 1.165) is 30.3 Å². The molecule has 0 bridgehead atoms. The standard InChI is InChI=1S/C24H18N6O15S3/c1-10(31)25-12-2-4-15(17(8-12)46-44-42-37)27-29-22-19(48(39,40)41)7-11-6-18(47-45-43-38)21(23(33)20(11)24(22)34)28-26-14-5-3-13(30(35)36)9-16(14)32/h2-9,32-34,37-38H,1H3,(H,25,31)(H,39,40,41)/b28-26+,29-27+. The Morgan fingerprint density at radius 2 is 1.46 bits per heavy atom. The summed E-state index contributed by atoms with van der Waals surface area (Å²) in [5.74, 6) is -3.05. The number of nitrogens with one attached hydrogen (secondary N) is 1. The Hall–Kier alpha value is -5.02. The second kappa shape index (κ2) is 15.3. The van der Waals surface area contributed by atoms with Crippen molar-refractivity contribution >= 4 is 85.0 Å². The Labute approximate surface area is 275 Å². The molecule has 4 aromatic rings. The van der Waals surface area contributed by atoms with Gasteiger partial charge in [-0.3, -0.25) is 19.5 Å². The number of nitrogens with zero attached hydrogens (tertiary/aromatic N) is 5. The summed E-state index contributed by atoms with van der Waals surface area (Å²) in [6, 6.07) is 8.65. The molecule has 0 aliphatic carbocycles. The van der Waals surface area contributed by atoms with Gasteiger partial charge in [0, 0.05) is 18.7 Å². The van der Waals surface area contributed by atoms with E-state index in [1.807, 2.05) is 0 Å². The van der Waals surface area contributed by atoms with Gasteiger partial charge in [-0.25, -0.2) is 10.5 Å². The number of nitro groups is 1. The molecule has 0 radical (unpaired) electrons. The highest BCUT2D eigenvalue weighted by atomic mass is 32.2. The maximum absolute atomic E-state index is 12.4. The summed E-state index contributed by atoms with van der Waals surface area (Å²) in [6.45, 7) is 1.24. The molecule has 0 aromatic heterocycles. The molecule has 252 valence electrons. The number of nitro benzene ring substituents is 1. The summed E-state index contributed by atoms with van der Waals surface area (Å²) in [5, 5.41) is 84.8. The zero-order valence-electron chi connectivity index (χ0n) is 23.4. The van der Waals surface area contributed by atoms with Crippen LogP contribution in [0, 0.1) is 10.1 Å². The fourth-order valence-electron chi connectivity index (χ4n) is 3.88. The molecule has 1 amide bonds. The molecule has 0 heterocycles. The van der Waals surface area contributed by atoms with E-state index < -0.39 is 65.5 Å². The summed E-state index contributed by atoms with van der Waals surface area (Å²) in [7, 11) is -5.16. The van der Waals surface area contributed by atoms with Crippen molar-refractivity contribution in [2.75, 3.05) is 5.32 Å². The normalized spacial score (nSPS) is 11.9. The number of benzene rings is 4. The van der Waals surface area contributed by atoms with E-state index in [1.165, 1.54) is 25.1 Å². The average Bonchev–Trinajstić information content (AvgIpc) is 3.01. The topological polar surface area (TPSA) is 314 Å². The van der Waals surface area contributed by atoms with E-state index in [0.29, 0.717) is 12.0 Å². The monoisotopic (exact) mass is 726 g/mol. The number of fused-ring (bicyclic) bond motifs is 1. The third kappa shape index (κ3) is 8.27. The van der Waals surface area contributed by atoms with Crippen LogP contribution in [0.5, 0.6) is 17.2 Å². The highest BCUT2D eigenvalue weighted by Gasteiger charge is 2.27. The number of azo groups is 2. The fourth-order valence-corrected chi connectivity index (χ4v) is 5.51. The summed E-state index contributed by atoms with van der Waals surface area (Å²) in [4.78, 5) is 20.5. The SMILES string of the molecule is CC(=O)Nc1ccc(/N=N/c2c(S(=O)(=O)O)cc3cc(SOOO)c(/N=N/c4ccc([N+](=O)[O-])cc4O)c(O)c3c2O)c(SOOO)c1. The van der Waals surface area contributed by atoms with Gasteiger partial charge in [0.2, 0.25) is 5.91 Å². The first-order valence-electron chi connectivity index (χ1n) is 12.3. The van der Waals surface area contributed by atoms with Crippen molar-refractivity contribution in [3.05, 3.63) is 58.6 Å². The van der Waals surface area contributed by atoms with Crippen molar-refractivity contribution in [2.45, 2.75) is 21.6 Å². The third-order valence-electron chi connectivity index (χ3n) is 5.80. The minimum atomic E-state index is -5.16. The molecule has 7 N–H and O–H groups in total. The number of carbonyl (C=O) groups is 1. The highest BCUT2D eigenvalue weighted by Crippen LogP contribution is 2.51. The predicted molar refractivity (Wildman–Crippen MR) is 162 cm³/mol. The molecule has 0 spiro atoms. The number of rotatable bonds is 13. The molecule has 0 saturated heterocycles. The van der Waals surface area contributed by atoms with Crippen LogP contribution < -0.4 is 5.32 Å². The zero-order chi connectivity index (χ0) is 35.2. The van der Waals surface area contributed by atoms with Crippen LogP contribution in [0.25, 0.3) is 10.8 Å². The second-order valence-corrected chi connectivity index (χ2v) is 11.7. The second-order valence-electron chi connectivity index (χ2n) is 8.86. The van der Waals surface area contributed by atoms with Crippen LogP contribution in [0.2, 0.25) is 0 Å². The largest absolute Gasteiger partial charge is 0.505 e. The van der Waals surface area contributed by atoms with E-state index in [1.54, 1.807) is 0 Å². The molecule has 48 heavy (non-hydrogen) atoms. The quantitative estimate of drug-likeness (QED) is 0.0187. The smallest absolute Gasteiger partial charge is 0.296 e. The molecule has 0 aliphatic heterocycles. The molecular formula is C24H18N6O15S3. The average molecular weight is 727 g/mol. The lowest BCUT2D eigenvalue weighted by Crippen LogP contribution is -2.05. The maximum Gasteiger partial charge on any atom is 0.296 e. The van der Waals surface area contributed by atoms with Gasteiger partial charge in [-0.1, -0.05) is 10.1 Å². The predicted octanol–water partition coefficient (Wildman–Crippen LogP) is 6.76. The summed E-state index contributed by atoms with van der Waals surface area (Å²) < 4.78 is 43.5. The van der Waals surface area contributed by atoms with E-state index in [-0.39, 0.29) is 44.3 Å². The van der Waals surface area contributed by atoms with E-state index in [2.05, 4.69) is 44.5 Å². The first-order valence-corrected chi connectivity index (χ1v) is 15.2. The van der Waals surface area contributed by atoms with E-state index in [4.69, 9.17) is 10.5 Å². The minimum absolute atomic E-state index is 0.0422. The summed E-state index contributed by atoms with van der Waals surface area (Å²) in [6.07, 6.45) is 0. The number of anilines is 1. The lowest BCUT2D eigenvalue weighted by atomic mass is 10.1. The van der Waals surface area contributed by atoms with Crippen molar-refractivity contribution < 1.29 is 67.3 Å². The Morgan fingerprint density at radius 1 is 0.854 bits per heavy atom. The number of phenols is 3. The Bertz CT molecular complexity index is 2080. The molecule has 0 saturated carbocycles. The number of hydrogen-bond acceptors (Lipinski definition) is 20. The van der Waals surface area contributed by atoms with Gasteiger partial charge >= 0.3 is 0 Å². The van der Waals surface area contributed by atoms with Gasteiger partial charge in [0.1, 0.15) is 33.4 Å². The molecule has 4 rings (SSSR count). The van der Waals surface area contributed by atoms with Crippen LogP contribution in [0.15, 0.2) is 83.7 Å². The molecule has 0 atom stereocenters. The molecule has 24 heteroatoms. The Morgan fingerprint density at radius 3 is 2.06 bits per heavy atom. The van der Waals surface area contributed by atoms with Gasteiger partial charge in [0.25, 0.3) is 15.8 Å². The van der Waals surface area contributed by atoms with Crippen LogP contribution in [-0.2, 0) is 33.7 Å². The van der Waals surface area contributed by atoms with Crippen LogP contribution in [0.3, 0.4) is 0 Å². The first kappa shape index (κ1) is 35.8. The number of non-ortho nitro benzene ring substituents is 1. The van der Waals surface area contributed by atoms with Gasteiger partial charge in [-0.05, 0) is 41.8 Å². The number of hydrogen-bond donors (Lipinski definition) is 7. The number of phenolic OH excluding ortho intramolecular Hbond substituents is 3. The first-order chi connectivity index (χ1) is 22.7. The number of aromatic hydroxyl groups is 3. The lowest BCUT2D eigenvalue weighted by Gasteiger charge is -2.13. The maximum atomic E-state index is 12.4. The van der Waals surface area contributed by atoms with Gasteiger partial charge < -0.3 is 20.6 Å². The minimum Gasteiger partial charge on any atom is -0.505 e. The lowest BCUT2D eigenvalue weighted by molar-refractivity contribution is -0.432. The molecule has 0 unspecified atom stereocenters. The van der Waals surface area contributed by atoms with Gasteiger partial charge in [-0.15, -0.1) is 29.1 Å². The van der Waals surface area contributed by atoms with Gasteiger partial charge in [-0.2, -0.15) is 8.42 Å². The third-order valence-corrected chi connectivity index (χ3v) is 7.92. The summed E-state index contributed by atoms with van der Waals surface area (Å²) >= 11 is 0.619. The van der Waals surface area contributed by atoms with Crippen molar-refractivity contribution in [1.29, 1.82) is 0 Å². The molecular weight excluding hydrogens is 708 g/mol. The Balaban J connectivity index is 1.92. The molecule has 4 aromatic carbocycles. The fraction of sp³-hybridized carbons (Fsp3) is 0.0417. The van der Waals surface area contributed by atoms with Crippen LogP contribution >= 0.6 is 24.1 Å². The van der Waals surface area contributed by atoms with Crippen LogP contribution in [0.1, 0.15) is 6.92 Å². The Kier molecular flexibility index (Phi) is 11.4. The van der Waals surface area contributed by atoms with Crippen LogP contribution in [-0.4, -0.2) is 49.6 Å². The van der Waals surface area contributed by atoms with Crippen molar-refractivity contribution in [2.24, 2.45) is 20.5 Å². The van der Waals surface area contributed by atoms with Gasteiger partial charge in [0.15, 0.2) is 11.5 Å². The van der Waals surface area contributed by atoms with Crippen LogP contribution in [0.4, 0.5) is 34.1 Å². The highest BCUT2D eigenvalue weighted by molar-refractivity contribution is 7.95. The van der Waals surface area contributed by atoms with Crippen molar-refractivity contribution in [3.8, 4) is 17.2 Å². The summed E-state index contributed by atoms with van der Waals surface area (Å²) in [5.41, 5.74) is -2.02. The van der Waals surface area contributed by atoms with Gasteiger partial charge in [0.05, 0.1) is 50.3 Å². The number of amides is 1. The molecule has 0 aliphatic rings. The zero-order valence-corrected chi connectivity index (χ0v) is 25.9. The van der Waals surface area contributed by atoms with E-state index >= 15 is 0 Å². The molecule has 0 fully saturated rings.